The summed E-state index contributed by atoms with van der Waals surface area (Å²) in [6.07, 6.45) is 6.23. The maximum Gasteiger partial charge on any atom is 0.260 e. The van der Waals surface area contributed by atoms with E-state index in [0.717, 1.165) is 28.7 Å². The van der Waals surface area contributed by atoms with E-state index in [-0.39, 0.29) is 5.91 Å². The van der Waals surface area contributed by atoms with E-state index in [4.69, 9.17) is 14.5 Å². The van der Waals surface area contributed by atoms with Gasteiger partial charge in [0.25, 0.3) is 5.91 Å². The number of aryl methyl sites for hydroxylation is 3. The van der Waals surface area contributed by atoms with Crippen molar-refractivity contribution in [1.82, 2.24) is 14.5 Å². The van der Waals surface area contributed by atoms with E-state index < -0.39 is 0 Å². The van der Waals surface area contributed by atoms with Gasteiger partial charge in [-0.25, -0.2) is 9.97 Å². The highest BCUT2D eigenvalue weighted by Crippen LogP contribution is 2.34. The first kappa shape index (κ1) is 21.8. The minimum Gasteiger partial charge on any atom is -0.493 e. The van der Waals surface area contributed by atoms with Crippen LogP contribution in [0.15, 0.2) is 49.1 Å². The number of amides is 1. The zero-order chi connectivity index (χ0) is 22.7. The van der Waals surface area contributed by atoms with E-state index in [0.29, 0.717) is 28.7 Å². The third kappa shape index (κ3) is 4.45. The van der Waals surface area contributed by atoms with Crippen LogP contribution in [0.25, 0.3) is 10.2 Å². The highest BCUT2D eigenvalue weighted by atomic mass is 32.1. The van der Waals surface area contributed by atoms with Crippen LogP contribution in [0, 0.1) is 13.8 Å². The van der Waals surface area contributed by atoms with Crippen molar-refractivity contribution in [2.24, 2.45) is 0 Å². The van der Waals surface area contributed by atoms with Crippen molar-refractivity contribution in [2.75, 3.05) is 25.7 Å². The van der Waals surface area contributed by atoms with E-state index in [9.17, 15) is 4.79 Å². The Balaban J connectivity index is 1.68. The largest absolute Gasteiger partial charge is 0.493 e. The zero-order valence-corrected chi connectivity index (χ0v) is 19.5. The van der Waals surface area contributed by atoms with Crippen LogP contribution in [0.2, 0.25) is 0 Å². The lowest BCUT2D eigenvalue weighted by Gasteiger charge is -2.20. The number of methoxy groups -OCH3 is 2. The van der Waals surface area contributed by atoms with Crippen LogP contribution in [0.3, 0.4) is 0 Å². The summed E-state index contributed by atoms with van der Waals surface area (Å²) in [5.74, 6) is 0.985. The second kappa shape index (κ2) is 9.40. The molecule has 8 heteroatoms. The Labute approximate surface area is 191 Å². The van der Waals surface area contributed by atoms with Crippen LogP contribution in [0.4, 0.5) is 5.13 Å². The maximum absolute atomic E-state index is 13.6. The van der Waals surface area contributed by atoms with Gasteiger partial charge in [-0.05, 0) is 55.7 Å². The Morgan fingerprint density at radius 1 is 1.12 bits per heavy atom. The van der Waals surface area contributed by atoms with Crippen LogP contribution in [-0.2, 0) is 6.54 Å². The number of imidazole rings is 1. The minimum absolute atomic E-state index is 0.120. The van der Waals surface area contributed by atoms with Crippen molar-refractivity contribution in [3.63, 3.8) is 0 Å². The lowest BCUT2D eigenvalue weighted by Crippen LogP contribution is -2.32. The fourth-order valence-corrected chi connectivity index (χ4v) is 4.88. The number of carbonyl (C=O) groups is 1. The maximum atomic E-state index is 13.6. The predicted octanol–water partition coefficient (Wildman–Crippen LogP) is 4.86. The Kier molecular flexibility index (Phi) is 6.41. The summed E-state index contributed by atoms with van der Waals surface area (Å²) in [7, 11) is 3.14. The number of hydrogen-bond donors (Lipinski definition) is 0. The van der Waals surface area contributed by atoms with Crippen molar-refractivity contribution in [3.05, 3.63) is 65.7 Å². The van der Waals surface area contributed by atoms with Gasteiger partial charge in [0, 0.05) is 31.0 Å². The molecule has 4 aromatic rings. The van der Waals surface area contributed by atoms with Crippen LogP contribution >= 0.6 is 11.3 Å². The van der Waals surface area contributed by atoms with E-state index in [1.54, 1.807) is 61.2 Å². The second-order valence-electron chi connectivity index (χ2n) is 7.61. The Morgan fingerprint density at radius 3 is 2.66 bits per heavy atom. The Hall–Kier alpha value is -3.39. The molecule has 0 aliphatic heterocycles. The summed E-state index contributed by atoms with van der Waals surface area (Å²) in [6, 6.07) is 9.46. The molecule has 0 atom stereocenters. The molecule has 7 nitrogen and oxygen atoms in total. The topological polar surface area (TPSA) is 69.5 Å². The lowest BCUT2D eigenvalue weighted by atomic mass is 10.1. The van der Waals surface area contributed by atoms with Crippen molar-refractivity contribution in [1.29, 1.82) is 0 Å². The zero-order valence-electron chi connectivity index (χ0n) is 18.7. The number of rotatable bonds is 8. The van der Waals surface area contributed by atoms with Gasteiger partial charge in [-0.1, -0.05) is 17.4 Å². The quantitative estimate of drug-likeness (QED) is 0.383. The van der Waals surface area contributed by atoms with Crippen LogP contribution in [-0.4, -0.2) is 41.2 Å². The third-order valence-corrected chi connectivity index (χ3v) is 6.31. The molecule has 4 rings (SSSR count). The minimum atomic E-state index is -0.120. The van der Waals surface area contributed by atoms with Gasteiger partial charge in [0.1, 0.15) is 0 Å². The van der Waals surface area contributed by atoms with Gasteiger partial charge in [0.15, 0.2) is 16.6 Å². The van der Waals surface area contributed by atoms with Gasteiger partial charge in [-0.3, -0.25) is 9.69 Å². The number of carbonyl (C=O) groups excluding carboxylic acids is 1. The van der Waals surface area contributed by atoms with Gasteiger partial charge >= 0.3 is 0 Å². The molecule has 0 saturated carbocycles. The number of aromatic nitrogens is 3. The van der Waals surface area contributed by atoms with Gasteiger partial charge in [-0.2, -0.15) is 0 Å². The summed E-state index contributed by atoms with van der Waals surface area (Å²) < 4.78 is 13.8. The SMILES string of the molecule is COc1ccc(C(=O)N(CCCn2ccnc2)c2nc3c(C)cc(C)cc3s2)cc1OC. The van der Waals surface area contributed by atoms with E-state index in [1.165, 1.54) is 5.56 Å². The van der Waals surface area contributed by atoms with E-state index >= 15 is 0 Å². The molecule has 0 unspecified atom stereocenters. The molecule has 0 N–H and O–H groups in total. The molecule has 2 heterocycles. The number of benzene rings is 2. The smallest absolute Gasteiger partial charge is 0.260 e. The monoisotopic (exact) mass is 450 g/mol. The normalized spacial score (nSPS) is 11.0. The molecule has 0 radical (unpaired) electrons. The Morgan fingerprint density at radius 2 is 1.94 bits per heavy atom. The molecular formula is C24H26N4O3S. The van der Waals surface area contributed by atoms with Crippen LogP contribution in [0.5, 0.6) is 11.5 Å². The van der Waals surface area contributed by atoms with Crippen LogP contribution < -0.4 is 14.4 Å². The van der Waals surface area contributed by atoms with E-state index in [2.05, 4.69) is 31.0 Å². The highest BCUT2D eigenvalue weighted by molar-refractivity contribution is 7.22. The molecule has 1 amide bonds. The third-order valence-electron chi connectivity index (χ3n) is 5.28. The standard InChI is InChI=1S/C24H26N4O3S/c1-16-12-17(2)22-21(13-16)32-24(26-22)28(10-5-9-27-11-8-25-15-27)23(29)18-6-7-19(30-3)20(14-18)31-4/h6-8,11-15H,5,9-10H2,1-4H3. The van der Waals surface area contributed by atoms with Crippen molar-refractivity contribution < 1.29 is 14.3 Å². The van der Waals surface area contributed by atoms with Crippen molar-refractivity contribution in [3.8, 4) is 11.5 Å². The van der Waals surface area contributed by atoms with Gasteiger partial charge < -0.3 is 14.0 Å². The number of ether oxygens (including phenoxy) is 2. The van der Waals surface area contributed by atoms with Crippen molar-refractivity contribution in [2.45, 2.75) is 26.8 Å². The average molecular weight is 451 g/mol. The molecule has 0 fully saturated rings. The number of nitrogens with zero attached hydrogens (tertiary/aromatic N) is 4. The molecule has 0 bridgehead atoms. The molecule has 32 heavy (non-hydrogen) atoms. The number of fused-ring (bicyclic) bond motifs is 1. The lowest BCUT2D eigenvalue weighted by molar-refractivity contribution is 0.0986. The molecular weight excluding hydrogens is 424 g/mol. The van der Waals surface area contributed by atoms with Gasteiger partial charge in [0.2, 0.25) is 0 Å². The molecule has 0 aliphatic rings. The second-order valence-corrected chi connectivity index (χ2v) is 8.61. The average Bonchev–Trinajstić information content (AvgIpc) is 3.45. The summed E-state index contributed by atoms with van der Waals surface area (Å²) in [5.41, 5.74) is 3.76. The first-order chi connectivity index (χ1) is 15.5. The molecule has 0 spiro atoms. The molecule has 0 saturated heterocycles. The first-order valence-corrected chi connectivity index (χ1v) is 11.2. The van der Waals surface area contributed by atoms with E-state index in [1.807, 2.05) is 10.8 Å². The summed E-state index contributed by atoms with van der Waals surface area (Å²) in [5, 5.41) is 0.694. The number of anilines is 1. The van der Waals surface area contributed by atoms with Crippen molar-refractivity contribution >= 4 is 32.6 Å². The highest BCUT2D eigenvalue weighted by Gasteiger charge is 2.23. The summed E-state index contributed by atoms with van der Waals surface area (Å²) >= 11 is 1.54. The molecule has 166 valence electrons. The number of thiazole rings is 1. The fraction of sp³-hybridized carbons (Fsp3) is 0.292. The first-order valence-electron chi connectivity index (χ1n) is 10.4. The number of hydrogen-bond acceptors (Lipinski definition) is 6. The Bertz CT molecular complexity index is 1230. The van der Waals surface area contributed by atoms with Gasteiger partial charge in [0.05, 0.1) is 30.8 Å². The van der Waals surface area contributed by atoms with Crippen LogP contribution in [0.1, 0.15) is 27.9 Å². The predicted molar refractivity (Wildman–Crippen MR) is 127 cm³/mol. The summed E-state index contributed by atoms with van der Waals surface area (Å²) in [4.78, 5) is 24.3. The summed E-state index contributed by atoms with van der Waals surface area (Å²) in [6.45, 7) is 5.42. The van der Waals surface area contributed by atoms with Gasteiger partial charge in [-0.15, -0.1) is 0 Å². The molecule has 2 aromatic carbocycles. The molecule has 2 aromatic heterocycles. The molecule has 0 aliphatic carbocycles. The fourth-order valence-electron chi connectivity index (χ4n) is 3.71.